The zero-order valence-corrected chi connectivity index (χ0v) is 14.7. The van der Waals surface area contributed by atoms with Crippen molar-refractivity contribution in [3.8, 4) is 12.3 Å². The highest BCUT2D eigenvalue weighted by Gasteiger charge is 2.21. The Morgan fingerprint density at radius 3 is 2.70 bits per heavy atom. The van der Waals surface area contributed by atoms with Crippen LogP contribution in [-0.4, -0.2) is 44.6 Å². The number of rotatable bonds is 6. The van der Waals surface area contributed by atoms with Crippen molar-refractivity contribution in [2.45, 2.75) is 19.0 Å². The summed E-state index contributed by atoms with van der Waals surface area (Å²) in [7, 11) is 2.96. The first-order chi connectivity index (χ1) is 12.7. The molecule has 2 amide bonds. The van der Waals surface area contributed by atoms with E-state index < -0.39 is 29.7 Å². The number of aromatic nitrogens is 2. The molecular weight excluding hydrogens is 358 g/mol. The minimum Gasteiger partial charge on any atom is -0.477 e. The van der Waals surface area contributed by atoms with Crippen molar-refractivity contribution < 1.29 is 23.5 Å². The molecule has 9 heteroatoms. The van der Waals surface area contributed by atoms with E-state index in [-0.39, 0.29) is 24.2 Å². The third-order valence-electron chi connectivity index (χ3n) is 4.11. The van der Waals surface area contributed by atoms with Crippen molar-refractivity contribution in [1.82, 2.24) is 19.8 Å². The number of urea groups is 1. The second kappa shape index (κ2) is 8.31. The van der Waals surface area contributed by atoms with E-state index in [1.165, 1.54) is 35.8 Å². The Balaban J connectivity index is 2.02. The normalized spacial score (nSPS) is 11.5. The lowest BCUT2D eigenvalue weighted by Crippen LogP contribution is -2.44. The van der Waals surface area contributed by atoms with E-state index in [1.807, 2.05) is 0 Å². The van der Waals surface area contributed by atoms with Crippen molar-refractivity contribution in [3.63, 3.8) is 0 Å². The molecule has 1 aromatic heterocycles. The van der Waals surface area contributed by atoms with E-state index in [9.17, 15) is 18.4 Å². The van der Waals surface area contributed by atoms with Crippen LogP contribution in [0.2, 0.25) is 0 Å². The van der Waals surface area contributed by atoms with E-state index in [2.05, 4.69) is 16.2 Å². The molecule has 1 aromatic carbocycles. The van der Waals surface area contributed by atoms with Crippen molar-refractivity contribution in [3.05, 3.63) is 53.1 Å². The minimum absolute atomic E-state index is 0.0120. The Labute approximate surface area is 154 Å². The molecule has 142 valence electrons. The molecule has 27 heavy (non-hydrogen) atoms. The van der Waals surface area contributed by atoms with Gasteiger partial charge in [0.05, 0.1) is 18.8 Å². The van der Waals surface area contributed by atoms with E-state index in [0.29, 0.717) is 5.82 Å². The summed E-state index contributed by atoms with van der Waals surface area (Å²) in [6.45, 7) is -0.0187. The summed E-state index contributed by atoms with van der Waals surface area (Å²) in [6, 6.07) is 1.85. The molecule has 1 unspecified atom stereocenters. The van der Waals surface area contributed by atoms with Gasteiger partial charge in [0.1, 0.15) is 23.2 Å². The average molecular weight is 376 g/mol. The number of amides is 2. The number of imidazole rings is 1. The number of nitrogens with zero attached hydrogens (tertiary/aromatic N) is 3. The lowest BCUT2D eigenvalue weighted by Gasteiger charge is -2.24. The Hall–Kier alpha value is -3.41. The van der Waals surface area contributed by atoms with E-state index >= 15 is 0 Å². The van der Waals surface area contributed by atoms with Crippen LogP contribution in [0.25, 0.3) is 0 Å². The summed E-state index contributed by atoms with van der Waals surface area (Å²) in [4.78, 5) is 28.5. The van der Waals surface area contributed by atoms with Gasteiger partial charge in [0.15, 0.2) is 0 Å². The van der Waals surface area contributed by atoms with Crippen LogP contribution in [0.1, 0.15) is 21.9 Å². The van der Waals surface area contributed by atoms with E-state index in [1.54, 1.807) is 0 Å². The number of benzene rings is 1. The largest absolute Gasteiger partial charge is 0.477 e. The number of carbonyl (C=O) groups is 2. The molecule has 0 radical (unpaired) electrons. The molecule has 0 spiro atoms. The van der Waals surface area contributed by atoms with Gasteiger partial charge in [-0.15, -0.1) is 6.42 Å². The second-order valence-corrected chi connectivity index (χ2v) is 5.82. The van der Waals surface area contributed by atoms with Gasteiger partial charge < -0.3 is 19.9 Å². The molecule has 2 N–H and O–H groups in total. The van der Waals surface area contributed by atoms with Gasteiger partial charge >= 0.3 is 12.0 Å². The number of aromatic carboxylic acids is 1. The zero-order valence-electron chi connectivity index (χ0n) is 14.7. The van der Waals surface area contributed by atoms with Gasteiger partial charge in [-0.3, -0.25) is 0 Å². The van der Waals surface area contributed by atoms with Crippen molar-refractivity contribution in [2.75, 3.05) is 7.05 Å². The fourth-order valence-electron chi connectivity index (χ4n) is 2.43. The quantitative estimate of drug-likeness (QED) is 0.753. The first-order valence-electron chi connectivity index (χ1n) is 7.89. The zero-order chi connectivity index (χ0) is 20.1. The number of carbonyl (C=O) groups excluding carboxylic acids is 1. The molecule has 0 aliphatic carbocycles. The maximum absolute atomic E-state index is 13.8. The van der Waals surface area contributed by atoms with Crippen LogP contribution in [0.15, 0.2) is 24.4 Å². The van der Waals surface area contributed by atoms with E-state index in [4.69, 9.17) is 11.5 Å². The van der Waals surface area contributed by atoms with Gasteiger partial charge in [-0.1, -0.05) is 12.0 Å². The highest BCUT2D eigenvalue weighted by molar-refractivity contribution is 5.85. The van der Waals surface area contributed by atoms with Crippen LogP contribution < -0.4 is 5.32 Å². The van der Waals surface area contributed by atoms with Gasteiger partial charge in [0.2, 0.25) is 0 Å². The van der Waals surface area contributed by atoms with Gasteiger partial charge in [-0.25, -0.2) is 23.4 Å². The molecule has 2 aromatic rings. The van der Waals surface area contributed by atoms with Crippen LogP contribution in [-0.2, 0) is 20.0 Å². The number of likely N-dealkylation sites (N-methyl/N-ethyl adjacent to an activating group) is 1. The predicted octanol–water partition coefficient (Wildman–Crippen LogP) is 1.78. The van der Waals surface area contributed by atoms with Gasteiger partial charge in [-0.2, -0.15) is 0 Å². The van der Waals surface area contributed by atoms with Crippen LogP contribution in [0.3, 0.4) is 0 Å². The standard InChI is InChI=1S/C18H18F2N4O3/c1-4-13(7-11-5-6-12(19)8-14(11)20)23(2)18(27)22-10-16-21-9-15(17(25)26)24(16)3/h1,5-6,8-9,13H,7,10H2,2-3H3,(H,22,27)(H,25,26). The maximum Gasteiger partial charge on any atom is 0.354 e. The number of nitrogens with one attached hydrogen (secondary N) is 1. The number of hydrogen-bond donors (Lipinski definition) is 2. The SMILES string of the molecule is C#CC(Cc1ccc(F)cc1F)N(C)C(=O)NCc1ncc(C(=O)O)n1C. The Bertz CT molecular complexity index is 904. The summed E-state index contributed by atoms with van der Waals surface area (Å²) >= 11 is 0. The fourth-order valence-corrected chi connectivity index (χ4v) is 2.43. The smallest absolute Gasteiger partial charge is 0.354 e. The lowest BCUT2D eigenvalue weighted by atomic mass is 10.0. The Morgan fingerprint density at radius 2 is 2.15 bits per heavy atom. The minimum atomic E-state index is -1.13. The van der Waals surface area contributed by atoms with Crippen molar-refractivity contribution in [1.29, 1.82) is 0 Å². The van der Waals surface area contributed by atoms with Gasteiger partial charge in [0, 0.05) is 26.6 Å². The fraction of sp³-hybridized carbons (Fsp3) is 0.278. The number of carboxylic acids is 1. The highest BCUT2D eigenvalue weighted by atomic mass is 19.1. The molecule has 1 atom stereocenters. The predicted molar refractivity (Wildman–Crippen MR) is 92.8 cm³/mol. The molecule has 0 bridgehead atoms. The first kappa shape index (κ1) is 19.9. The summed E-state index contributed by atoms with van der Waals surface area (Å²) < 4.78 is 28.1. The number of terminal acetylenes is 1. The molecule has 0 aliphatic rings. The number of hydrogen-bond acceptors (Lipinski definition) is 3. The monoisotopic (exact) mass is 376 g/mol. The summed E-state index contributed by atoms with van der Waals surface area (Å²) in [6.07, 6.45) is 6.66. The van der Waals surface area contributed by atoms with Crippen LogP contribution in [0.4, 0.5) is 13.6 Å². The Morgan fingerprint density at radius 1 is 1.44 bits per heavy atom. The third-order valence-corrected chi connectivity index (χ3v) is 4.11. The first-order valence-corrected chi connectivity index (χ1v) is 7.89. The average Bonchev–Trinajstić information content (AvgIpc) is 2.99. The second-order valence-electron chi connectivity index (χ2n) is 5.82. The van der Waals surface area contributed by atoms with Crippen LogP contribution >= 0.6 is 0 Å². The molecule has 0 saturated heterocycles. The molecule has 0 saturated carbocycles. The topological polar surface area (TPSA) is 87.5 Å². The third kappa shape index (κ3) is 4.61. The van der Waals surface area contributed by atoms with Gasteiger partial charge in [-0.05, 0) is 11.6 Å². The Kier molecular flexibility index (Phi) is 6.13. The molecule has 7 nitrogen and oxygen atoms in total. The van der Waals surface area contributed by atoms with Crippen molar-refractivity contribution in [2.24, 2.45) is 7.05 Å². The molecule has 0 aliphatic heterocycles. The maximum atomic E-state index is 13.8. The summed E-state index contributed by atoms with van der Waals surface area (Å²) in [5, 5.41) is 11.6. The van der Waals surface area contributed by atoms with Crippen LogP contribution in [0, 0.1) is 24.0 Å². The van der Waals surface area contributed by atoms with Crippen molar-refractivity contribution >= 4 is 12.0 Å². The molecule has 1 heterocycles. The van der Waals surface area contributed by atoms with Gasteiger partial charge in [0.25, 0.3) is 0 Å². The molecular formula is C18H18F2N4O3. The summed E-state index contributed by atoms with van der Waals surface area (Å²) in [5.41, 5.74) is 0.176. The summed E-state index contributed by atoms with van der Waals surface area (Å²) in [5.74, 6) is 0.184. The van der Waals surface area contributed by atoms with E-state index in [0.717, 1.165) is 12.1 Å². The molecule has 2 rings (SSSR count). The highest BCUT2D eigenvalue weighted by Crippen LogP contribution is 2.14. The number of halogens is 2. The lowest BCUT2D eigenvalue weighted by molar-refractivity contribution is 0.0686. The van der Waals surface area contributed by atoms with Crippen LogP contribution in [0.5, 0.6) is 0 Å². The number of carboxylic acid groups (broad SMARTS) is 1. The molecule has 0 fully saturated rings.